The Morgan fingerprint density at radius 1 is 1.38 bits per heavy atom. The Bertz CT molecular complexity index is 710. The summed E-state index contributed by atoms with van der Waals surface area (Å²) in [5, 5.41) is 3.62. The number of rotatable bonds is 1. The van der Waals surface area contributed by atoms with Crippen molar-refractivity contribution in [1.82, 2.24) is 8.55 Å². The van der Waals surface area contributed by atoms with Gasteiger partial charge in [-0.15, -0.1) is 0 Å². The number of hydrogen-bond donors (Lipinski definition) is 0. The van der Waals surface area contributed by atoms with Crippen molar-refractivity contribution in [2.24, 2.45) is 0 Å². The van der Waals surface area contributed by atoms with E-state index in [4.69, 9.17) is 0 Å². The van der Waals surface area contributed by atoms with E-state index in [1.807, 2.05) is 36.6 Å². The van der Waals surface area contributed by atoms with E-state index in [1.165, 1.54) is 11.3 Å². The summed E-state index contributed by atoms with van der Waals surface area (Å²) in [5.74, 6) is 0. The van der Waals surface area contributed by atoms with Crippen LogP contribution in [0.3, 0.4) is 0 Å². The summed E-state index contributed by atoms with van der Waals surface area (Å²) in [6.07, 6.45) is 0. The molecule has 0 bridgehead atoms. The van der Waals surface area contributed by atoms with Gasteiger partial charge >= 0.3 is 102 Å². The first-order chi connectivity index (χ1) is 7.75. The van der Waals surface area contributed by atoms with Gasteiger partial charge in [-0.1, -0.05) is 0 Å². The molecule has 3 aromatic rings. The zero-order chi connectivity index (χ0) is 11.1. The predicted octanol–water partition coefficient (Wildman–Crippen LogP) is 1.81. The molecule has 0 saturated heterocycles. The van der Waals surface area contributed by atoms with Crippen LogP contribution in [0.4, 0.5) is 0 Å². The molecule has 0 spiro atoms. The summed E-state index contributed by atoms with van der Waals surface area (Å²) in [7, 11) is 0. The molecule has 0 amide bonds. The summed E-state index contributed by atoms with van der Waals surface area (Å²) in [6, 6.07) is 7.79. The molecule has 5 heteroatoms. The fourth-order valence-electron chi connectivity index (χ4n) is 1.53. The molecule has 2 aromatic heterocycles. The minimum absolute atomic E-state index is 0.0397. The molecule has 0 atom stereocenters. The fraction of sp³-hybridized carbons (Fsp3) is 0.0909. The number of aryl methyl sites for hydroxylation is 1. The Balaban J connectivity index is 2.33. The Morgan fingerprint density at radius 2 is 2.19 bits per heavy atom. The van der Waals surface area contributed by atoms with Crippen molar-refractivity contribution in [2.45, 2.75) is 6.92 Å². The molecule has 0 fully saturated rings. The van der Waals surface area contributed by atoms with Gasteiger partial charge in [-0.25, -0.2) is 0 Å². The van der Waals surface area contributed by atoms with Gasteiger partial charge in [0.25, 0.3) is 0 Å². The number of fused-ring (bicyclic) bond motifs is 1. The molecule has 3 rings (SSSR count). The predicted molar refractivity (Wildman–Crippen MR) is 66.9 cm³/mol. The van der Waals surface area contributed by atoms with Gasteiger partial charge in [0.1, 0.15) is 0 Å². The Morgan fingerprint density at radius 3 is 2.88 bits per heavy atom. The van der Waals surface area contributed by atoms with E-state index in [0.29, 0.717) is 0 Å². The summed E-state index contributed by atoms with van der Waals surface area (Å²) in [4.78, 5) is 16.5. The second-order valence-corrected chi connectivity index (χ2v) is 6.37. The third-order valence-electron chi connectivity index (χ3n) is 2.27. The molecule has 1 aromatic carbocycles. The second kappa shape index (κ2) is 3.70. The molecule has 0 aliphatic heterocycles. The van der Waals surface area contributed by atoms with Crippen molar-refractivity contribution in [3.05, 3.63) is 45.7 Å². The summed E-state index contributed by atoms with van der Waals surface area (Å²) in [6.45, 7) is 1.95. The maximum atomic E-state index is 12.1. The number of benzene rings is 1. The van der Waals surface area contributed by atoms with E-state index in [1.54, 1.807) is 3.56 Å². The Kier molecular flexibility index (Phi) is 2.32. The molecular formula is C11H8N2OSSe. The zero-order valence-corrected chi connectivity index (χ0v) is 11.0. The molecular weight excluding hydrogens is 287 g/mol. The standard InChI is InChI=1S/C11H8N2OSSe/c1-7-6-15-11(12-7)13-10(14)8-4-2-3-5-9(8)16-13/h2-6H,1H3. The van der Waals surface area contributed by atoms with Gasteiger partial charge in [-0.3, -0.25) is 0 Å². The average molecular weight is 295 g/mol. The van der Waals surface area contributed by atoms with Crippen molar-refractivity contribution in [3.63, 3.8) is 0 Å². The molecule has 0 N–H and O–H groups in total. The molecule has 0 unspecified atom stereocenters. The Hall–Kier alpha value is -1.16. The van der Waals surface area contributed by atoms with Crippen molar-refractivity contribution in [2.75, 3.05) is 0 Å². The molecule has 16 heavy (non-hydrogen) atoms. The first-order valence-corrected chi connectivity index (χ1v) is 7.29. The fourth-order valence-corrected chi connectivity index (χ4v) is 4.57. The molecule has 0 aliphatic carbocycles. The summed E-state index contributed by atoms with van der Waals surface area (Å²) >= 11 is 1.57. The van der Waals surface area contributed by atoms with Crippen LogP contribution in [0.15, 0.2) is 34.4 Å². The normalized spacial score (nSPS) is 11.1. The molecule has 80 valence electrons. The number of hydrogen-bond acceptors (Lipinski definition) is 3. The van der Waals surface area contributed by atoms with Crippen LogP contribution in [0.1, 0.15) is 5.69 Å². The Labute approximate surface area is 102 Å². The van der Waals surface area contributed by atoms with E-state index in [-0.39, 0.29) is 20.3 Å². The monoisotopic (exact) mass is 296 g/mol. The second-order valence-electron chi connectivity index (χ2n) is 3.46. The van der Waals surface area contributed by atoms with Gasteiger partial charge < -0.3 is 0 Å². The van der Waals surface area contributed by atoms with Crippen molar-refractivity contribution in [1.29, 1.82) is 0 Å². The van der Waals surface area contributed by atoms with Crippen LogP contribution in [0.2, 0.25) is 0 Å². The third kappa shape index (κ3) is 1.48. The molecule has 0 radical (unpaired) electrons. The maximum absolute atomic E-state index is 12.1. The first kappa shape index (κ1) is 10.0. The van der Waals surface area contributed by atoms with Crippen LogP contribution < -0.4 is 5.56 Å². The first-order valence-electron chi connectivity index (χ1n) is 4.79. The number of aromatic nitrogens is 2. The third-order valence-corrected chi connectivity index (χ3v) is 5.73. The number of thiazole rings is 1. The van der Waals surface area contributed by atoms with E-state index < -0.39 is 0 Å². The van der Waals surface area contributed by atoms with Crippen molar-refractivity contribution >= 4 is 35.7 Å². The molecule has 0 saturated carbocycles. The van der Waals surface area contributed by atoms with Crippen LogP contribution in [-0.4, -0.2) is 23.3 Å². The van der Waals surface area contributed by atoms with Gasteiger partial charge in [-0.2, -0.15) is 0 Å². The topological polar surface area (TPSA) is 34.9 Å². The van der Waals surface area contributed by atoms with Crippen molar-refractivity contribution in [3.8, 4) is 5.13 Å². The average Bonchev–Trinajstić information content (AvgIpc) is 2.84. The zero-order valence-electron chi connectivity index (χ0n) is 8.51. The number of nitrogens with zero attached hydrogens (tertiary/aromatic N) is 2. The minimum atomic E-state index is 0.0397. The molecule has 2 heterocycles. The van der Waals surface area contributed by atoms with E-state index >= 15 is 0 Å². The quantitative estimate of drug-likeness (QED) is 0.642. The van der Waals surface area contributed by atoms with Gasteiger partial charge in [0, 0.05) is 0 Å². The van der Waals surface area contributed by atoms with Gasteiger partial charge in [-0.05, 0) is 0 Å². The van der Waals surface area contributed by atoms with E-state index in [9.17, 15) is 4.79 Å². The van der Waals surface area contributed by atoms with E-state index in [0.717, 1.165) is 20.5 Å². The summed E-state index contributed by atoms with van der Waals surface area (Å²) in [5.41, 5.74) is 1.06. The van der Waals surface area contributed by atoms with Gasteiger partial charge in [0.05, 0.1) is 0 Å². The summed E-state index contributed by atoms with van der Waals surface area (Å²) < 4.78 is 2.95. The van der Waals surface area contributed by atoms with Crippen LogP contribution in [0.25, 0.3) is 14.8 Å². The SMILES string of the molecule is Cc1csc(-n2[se]c3ccccc3c2=O)n1. The van der Waals surface area contributed by atoms with Crippen LogP contribution in [0, 0.1) is 6.92 Å². The van der Waals surface area contributed by atoms with Gasteiger partial charge in [0.2, 0.25) is 0 Å². The van der Waals surface area contributed by atoms with E-state index in [2.05, 4.69) is 4.98 Å². The molecule has 0 aliphatic rings. The van der Waals surface area contributed by atoms with Crippen LogP contribution in [0.5, 0.6) is 0 Å². The van der Waals surface area contributed by atoms with Crippen LogP contribution in [-0.2, 0) is 0 Å². The van der Waals surface area contributed by atoms with Crippen molar-refractivity contribution < 1.29 is 0 Å². The van der Waals surface area contributed by atoms with Gasteiger partial charge in [0.15, 0.2) is 0 Å². The van der Waals surface area contributed by atoms with Crippen LogP contribution >= 0.6 is 11.3 Å². The molecule has 3 nitrogen and oxygen atoms in total.